The molecule has 0 bridgehead atoms. The Hall–Kier alpha value is -1.04. The molecule has 0 aliphatic heterocycles. The maximum absolute atomic E-state index is 10.8. The van der Waals surface area contributed by atoms with Gasteiger partial charge in [0.05, 0.1) is 17.4 Å². The molecule has 1 atom stereocenters. The first-order valence-corrected chi connectivity index (χ1v) is 4.76. The zero-order valence-electron chi connectivity index (χ0n) is 7.92. The van der Waals surface area contributed by atoms with Crippen LogP contribution < -0.4 is 0 Å². The van der Waals surface area contributed by atoms with Gasteiger partial charge in [-0.25, -0.2) is 0 Å². The Morgan fingerprint density at radius 3 is 2.38 bits per heavy atom. The van der Waals surface area contributed by atoms with E-state index in [-0.39, 0.29) is 0 Å². The van der Waals surface area contributed by atoms with Crippen molar-refractivity contribution in [2.45, 2.75) is 39.0 Å². The Bertz CT molecular complexity index is 236. The molecule has 0 saturated heterocycles. The Labute approximate surface area is 78.4 Å². The minimum absolute atomic E-state index is 0.530. The summed E-state index contributed by atoms with van der Waals surface area (Å²) in [6.45, 7) is 1.65. The van der Waals surface area contributed by atoms with Crippen molar-refractivity contribution in [2.75, 3.05) is 0 Å². The molecule has 0 heterocycles. The smallest absolute Gasteiger partial charge is 0.307 e. The predicted octanol–water partition coefficient (Wildman–Crippen LogP) is 2.18. The molecule has 0 radical (unpaired) electrons. The maximum atomic E-state index is 10.8. The lowest BCUT2D eigenvalue weighted by atomic mass is 9.67. The van der Waals surface area contributed by atoms with E-state index in [2.05, 4.69) is 6.07 Å². The second kappa shape index (κ2) is 3.78. The maximum Gasteiger partial charge on any atom is 0.307 e. The molecule has 3 heteroatoms. The molecule has 72 valence electrons. The van der Waals surface area contributed by atoms with Crippen LogP contribution in [0.3, 0.4) is 0 Å². The van der Waals surface area contributed by atoms with Gasteiger partial charge < -0.3 is 5.11 Å². The van der Waals surface area contributed by atoms with Crippen LogP contribution in [0.5, 0.6) is 0 Å². The summed E-state index contributed by atoms with van der Waals surface area (Å²) in [7, 11) is 0. The van der Waals surface area contributed by atoms with Gasteiger partial charge in [0.1, 0.15) is 0 Å². The van der Waals surface area contributed by atoms with Crippen molar-refractivity contribution in [3.05, 3.63) is 0 Å². The Morgan fingerprint density at radius 1 is 1.46 bits per heavy atom. The average molecular weight is 181 g/mol. The van der Waals surface area contributed by atoms with Crippen molar-refractivity contribution in [1.82, 2.24) is 0 Å². The normalized spacial score (nSPS) is 23.1. The van der Waals surface area contributed by atoms with Crippen LogP contribution in [0.1, 0.15) is 39.0 Å². The third-order valence-electron chi connectivity index (χ3n) is 3.17. The highest BCUT2D eigenvalue weighted by molar-refractivity contribution is 5.71. The van der Waals surface area contributed by atoms with Crippen LogP contribution in [0.4, 0.5) is 0 Å². The molecule has 1 saturated carbocycles. The van der Waals surface area contributed by atoms with Crippen molar-refractivity contribution in [1.29, 1.82) is 5.26 Å². The van der Waals surface area contributed by atoms with Crippen LogP contribution in [0.2, 0.25) is 0 Å². The standard InChI is InChI=1S/C10H15NO2/c1-8(9(12)13)10(7-11)5-3-2-4-6-10/h8H,2-6H2,1H3,(H,12,13). The van der Waals surface area contributed by atoms with Gasteiger partial charge in [-0.2, -0.15) is 5.26 Å². The van der Waals surface area contributed by atoms with E-state index < -0.39 is 17.3 Å². The first kappa shape index (κ1) is 10.0. The van der Waals surface area contributed by atoms with E-state index in [9.17, 15) is 4.79 Å². The zero-order chi connectivity index (χ0) is 9.90. The van der Waals surface area contributed by atoms with Crippen LogP contribution in [0, 0.1) is 22.7 Å². The van der Waals surface area contributed by atoms with Crippen LogP contribution in [-0.2, 0) is 4.79 Å². The Balaban J connectivity index is 2.80. The highest BCUT2D eigenvalue weighted by Crippen LogP contribution is 2.41. The second-order valence-corrected chi connectivity index (χ2v) is 3.89. The fourth-order valence-corrected chi connectivity index (χ4v) is 2.06. The average Bonchev–Trinajstić information content (AvgIpc) is 2.17. The lowest BCUT2D eigenvalue weighted by molar-refractivity contribution is -0.145. The van der Waals surface area contributed by atoms with E-state index in [1.807, 2.05) is 0 Å². The Morgan fingerprint density at radius 2 is 2.00 bits per heavy atom. The first-order valence-electron chi connectivity index (χ1n) is 4.76. The number of nitrogens with zero attached hydrogens (tertiary/aromatic N) is 1. The summed E-state index contributed by atoms with van der Waals surface area (Å²) < 4.78 is 0. The monoisotopic (exact) mass is 181 g/mol. The molecule has 0 spiro atoms. The summed E-state index contributed by atoms with van der Waals surface area (Å²) >= 11 is 0. The summed E-state index contributed by atoms with van der Waals surface area (Å²) in [5.41, 5.74) is -0.593. The van der Waals surface area contributed by atoms with E-state index in [0.29, 0.717) is 0 Å². The SMILES string of the molecule is CC(C(=O)O)C1(C#N)CCCCC1. The lowest BCUT2D eigenvalue weighted by Gasteiger charge is -2.33. The molecule has 1 rings (SSSR count). The summed E-state index contributed by atoms with van der Waals surface area (Å²) in [6, 6.07) is 2.22. The second-order valence-electron chi connectivity index (χ2n) is 3.89. The van der Waals surface area contributed by atoms with Gasteiger partial charge >= 0.3 is 5.97 Å². The largest absolute Gasteiger partial charge is 0.481 e. The number of carbonyl (C=O) groups is 1. The highest BCUT2D eigenvalue weighted by Gasteiger charge is 2.41. The first-order chi connectivity index (χ1) is 6.12. The minimum Gasteiger partial charge on any atom is -0.481 e. The Kier molecular flexibility index (Phi) is 2.92. The molecule has 0 amide bonds. The highest BCUT2D eigenvalue weighted by atomic mass is 16.4. The van der Waals surface area contributed by atoms with Gasteiger partial charge in [0, 0.05) is 0 Å². The number of hydrogen-bond donors (Lipinski definition) is 1. The van der Waals surface area contributed by atoms with Gasteiger partial charge in [-0.05, 0) is 12.8 Å². The van der Waals surface area contributed by atoms with Crippen LogP contribution in [0.25, 0.3) is 0 Å². The number of hydrogen-bond acceptors (Lipinski definition) is 2. The van der Waals surface area contributed by atoms with Crippen molar-refractivity contribution in [3.63, 3.8) is 0 Å². The third kappa shape index (κ3) is 1.82. The van der Waals surface area contributed by atoms with Gasteiger partial charge in [-0.3, -0.25) is 4.79 Å². The zero-order valence-corrected chi connectivity index (χ0v) is 7.92. The third-order valence-corrected chi connectivity index (χ3v) is 3.17. The van der Waals surface area contributed by atoms with Gasteiger partial charge in [0.15, 0.2) is 0 Å². The van der Waals surface area contributed by atoms with E-state index >= 15 is 0 Å². The topological polar surface area (TPSA) is 61.1 Å². The molecule has 3 nitrogen and oxygen atoms in total. The number of rotatable bonds is 2. The molecular formula is C10H15NO2. The number of nitriles is 1. The van der Waals surface area contributed by atoms with Crippen LogP contribution >= 0.6 is 0 Å². The van der Waals surface area contributed by atoms with Crippen LogP contribution in [0.15, 0.2) is 0 Å². The van der Waals surface area contributed by atoms with E-state index in [1.165, 1.54) is 0 Å². The number of carboxylic acids is 1. The predicted molar refractivity (Wildman–Crippen MR) is 47.9 cm³/mol. The number of carboxylic acid groups (broad SMARTS) is 1. The van der Waals surface area contributed by atoms with E-state index in [0.717, 1.165) is 32.1 Å². The van der Waals surface area contributed by atoms with Gasteiger partial charge in [-0.1, -0.05) is 26.2 Å². The molecule has 1 aliphatic carbocycles. The van der Waals surface area contributed by atoms with Gasteiger partial charge in [-0.15, -0.1) is 0 Å². The van der Waals surface area contributed by atoms with Gasteiger partial charge in [0.2, 0.25) is 0 Å². The fourth-order valence-electron chi connectivity index (χ4n) is 2.06. The number of aliphatic carboxylic acids is 1. The van der Waals surface area contributed by atoms with E-state index in [4.69, 9.17) is 10.4 Å². The summed E-state index contributed by atoms with van der Waals surface area (Å²) in [6.07, 6.45) is 4.61. The van der Waals surface area contributed by atoms with E-state index in [1.54, 1.807) is 6.92 Å². The molecule has 1 unspecified atom stereocenters. The molecule has 0 aromatic rings. The van der Waals surface area contributed by atoms with Crippen molar-refractivity contribution in [3.8, 4) is 6.07 Å². The van der Waals surface area contributed by atoms with Crippen LogP contribution in [-0.4, -0.2) is 11.1 Å². The molecule has 0 aromatic carbocycles. The summed E-state index contributed by atoms with van der Waals surface area (Å²) in [5, 5.41) is 17.9. The molecule has 0 aromatic heterocycles. The molecular weight excluding hydrogens is 166 g/mol. The van der Waals surface area contributed by atoms with Crippen molar-refractivity contribution >= 4 is 5.97 Å². The summed E-state index contributed by atoms with van der Waals surface area (Å²) in [5.74, 6) is -1.37. The van der Waals surface area contributed by atoms with Crippen molar-refractivity contribution < 1.29 is 9.90 Å². The summed E-state index contributed by atoms with van der Waals surface area (Å²) in [4.78, 5) is 10.8. The minimum atomic E-state index is -0.844. The molecule has 1 fully saturated rings. The van der Waals surface area contributed by atoms with Gasteiger partial charge in [0.25, 0.3) is 0 Å². The van der Waals surface area contributed by atoms with Crippen molar-refractivity contribution in [2.24, 2.45) is 11.3 Å². The fraction of sp³-hybridized carbons (Fsp3) is 0.800. The molecule has 1 N–H and O–H groups in total. The quantitative estimate of drug-likeness (QED) is 0.710. The molecule has 1 aliphatic rings. The lowest BCUT2D eigenvalue weighted by Crippen LogP contribution is -2.34. The molecule has 13 heavy (non-hydrogen) atoms.